The molecule has 4 aromatic rings. The van der Waals surface area contributed by atoms with Crippen LogP contribution < -0.4 is 4.90 Å². The van der Waals surface area contributed by atoms with E-state index >= 15 is 0 Å². The van der Waals surface area contributed by atoms with Crippen molar-refractivity contribution in [3.05, 3.63) is 102 Å². The first-order valence-electron chi connectivity index (χ1n) is 12.9. The normalized spacial score (nSPS) is 13.7. The van der Waals surface area contributed by atoms with Gasteiger partial charge in [0.25, 0.3) is 5.91 Å². The fourth-order valence-electron chi connectivity index (χ4n) is 4.69. The van der Waals surface area contributed by atoms with Crippen molar-refractivity contribution in [2.75, 3.05) is 37.6 Å². The number of nitrogens with zero attached hydrogens (tertiary/aromatic N) is 5. The van der Waals surface area contributed by atoms with Crippen LogP contribution in [0.25, 0.3) is 11.3 Å². The number of furan rings is 1. The van der Waals surface area contributed by atoms with E-state index in [0.717, 1.165) is 35.6 Å². The average molecular weight is 510 g/mol. The maximum absolute atomic E-state index is 13.4. The van der Waals surface area contributed by atoms with E-state index in [4.69, 9.17) is 4.42 Å². The number of hydrogen-bond donors (Lipinski definition) is 0. The third-order valence-corrected chi connectivity index (χ3v) is 6.81. The smallest absolute Gasteiger partial charge is 0.255 e. The van der Waals surface area contributed by atoms with Gasteiger partial charge in [-0.25, -0.2) is 0 Å². The van der Waals surface area contributed by atoms with Gasteiger partial charge in [-0.1, -0.05) is 48.5 Å². The highest BCUT2D eigenvalue weighted by molar-refractivity contribution is 5.97. The van der Waals surface area contributed by atoms with Crippen molar-refractivity contribution in [3.8, 4) is 11.3 Å². The molecule has 1 saturated heterocycles. The van der Waals surface area contributed by atoms with E-state index in [2.05, 4.69) is 15.1 Å². The number of aryl methyl sites for hydroxylation is 1. The number of aromatic nitrogens is 2. The largest absolute Gasteiger partial charge is 0.467 e. The summed E-state index contributed by atoms with van der Waals surface area (Å²) in [5.41, 5.74) is 3.32. The zero-order valence-corrected chi connectivity index (χ0v) is 21.5. The van der Waals surface area contributed by atoms with Crippen LogP contribution in [0.15, 0.2) is 89.5 Å². The quantitative estimate of drug-likeness (QED) is 0.367. The molecule has 2 aromatic carbocycles. The van der Waals surface area contributed by atoms with E-state index in [1.165, 1.54) is 0 Å². The second kappa shape index (κ2) is 11.7. The topological polar surface area (TPSA) is 82.8 Å². The molecular weight excluding hydrogens is 478 g/mol. The summed E-state index contributed by atoms with van der Waals surface area (Å²) in [6.45, 7) is 4.72. The average Bonchev–Trinajstić information content (AvgIpc) is 3.34. The molecule has 0 radical (unpaired) electrons. The molecule has 0 atom stereocenters. The van der Waals surface area contributed by atoms with E-state index < -0.39 is 0 Å². The van der Waals surface area contributed by atoms with Gasteiger partial charge in [0.1, 0.15) is 12.3 Å². The number of amides is 2. The second-order valence-corrected chi connectivity index (χ2v) is 9.42. The highest BCUT2D eigenvalue weighted by atomic mass is 16.3. The van der Waals surface area contributed by atoms with E-state index in [9.17, 15) is 9.59 Å². The molecule has 0 unspecified atom stereocenters. The summed E-state index contributed by atoms with van der Waals surface area (Å²) in [4.78, 5) is 32.4. The van der Waals surface area contributed by atoms with Crippen LogP contribution in [0.5, 0.6) is 0 Å². The van der Waals surface area contributed by atoms with Gasteiger partial charge in [0.05, 0.1) is 18.5 Å². The van der Waals surface area contributed by atoms with E-state index in [1.54, 1.807) is 23.3 Å². The summed E-state index contributed by atoms with van der Waals surface area (Å²) in [5, 5.41) is 8.87. The molecule has 0 spiro atoms. The lowest BCUT2D eigenvalue weighted by Gasteiger charge is -2.27. The monoisotopic (exact) mass is 509 g/mol. The summed E-state index contributed by atoms with van der Waals surface area (Å²) in [5.74, 6) is 1.18. The molecule has 3 heterocycles. The first-order chi connectivity index (χ1) is 18.6. The minimum Gasteiger partial charge on any atom is -0.467 e. The number of anilines is 1. The molecule has 1 fully saturated rings. The van der Waals surface area contributed by atoms with E-state index in [-0.39, 0.29) is 24.9 Å². The predicted molar refractivity (Wildman–Crippen MR) is 146 cm³/mol. The van der Waals surface area contributed by atoms with Gasteiger partial charge in [0.2, 0.25) is 5.91 Å². The Labute approximate surface area is 222 Å². The van der Waals surface area contributed by atoms with Crippen LogP contribution in [0.2, 0.25) is 0 Å². The Morgan fingerprint density at radius 3 is 2.42 bits per heavy atom. The Bertz CT molecular complexity index is 1360. The molecule has 38 heavy (non-hydrogen) atoms. The lowest BCUT2D eigenvalue weighted by molar-refractivity contribution is -0.131. The minimum atomic E-state index is -0.182. The minimum absolute atomic E-state index is 0.0144. The number of rotatable bonds is 7. The highest BCUT2D eigenvalue weighted by Crippen LogP contribution is 2.20. The number of carbonyl (C=O) groups is 2. The van der Waals surface area contributed by atoms with Gasteiger partial charge in [-0.2, -0.15) is 0 Å². The van der Waals surface area contributed by atoms with Crippen molar-refractivity contribution >= 4 is 17.6 Å². The van der Waals surface area contributed by atoms with Crippen molar-refractivity contribution in [2.24, 2.45) is 0 Å². The molecule has 5 rings (SSSR count). The number of hydrogen-bond acceptors (Lipinski definition) is 6. The molecule has 0 aliphatic carbocycles. The molecule has 8 heteroatoms. The standard InChI is InChI=1S/C30H31N5O3/c1-23-9-5-6-13-26(23)30(37)35(21-25-12-7-20-38-25)22-29(36)34-17-8-16-33(18-19-34)28-15-14-27(31-32-28)24-10-3-2-4-11-24/h2-7,9-15,20H,8,16-19,21-22H2,1H3. The van der Waals surface area contributed by atoms with Crippen LogP contribution in [0, 0.1) is 6.92 Å². The Hall–Kier alpha value is -4.46. The zero-order chi connectivity index (χ0) is 26.3. The third-order valence-electron chi connectivity index (χ3n) is 6.81. The van der Waals surface area contributed by atoms with Crippen LogP contribution in [0.1, 0.15) is 28.1 Å². The SMILES string of the molecule is Cc1ccccc1C(=O)N(CC(=O)N1CCCN(c2ccc(-c3ccccc3)nn2)CC1)Cc1ccco1. The molecule has 0 N–H and O–H groups in total. The molecule has 1 aliphatic rings. The van der Waals surface area contributed by atoms with Crippen molar-refractivity contribution in [3.63, 3.8) is 0 Å². The zero-order valence-electron chi connectivity index (χ0n) is 21.5. The van der Waals surface area contributed by atoms with Gasteiger partial charge in [0, 0.05) is 37.3 Å². The van der Waals surface area contributed by atoms with Gasteiger partial charge in [-0.05, 0) is 49.2 Å². The lowest BCUT2D eigenvalue weighted by atomic mass is 10.1. The van der Waals surface area contributed by atoms with Gasteiger partial charge in [-0.3, -0.25) is 9.59 Å². The lowest BCUT2D eigenvalue weighted by Crippen LogP contribution is -2.44. The van der Waals surface area contributed by atoms with Crippen LogP contribution in [0.4, 0.5) is 5.82 Å². The van der Waals surface area contributed by atoms with Crippen LogP contribution in [-0.4, -0.2) is 64.5 Å². The first kappa shape index (κ1) is 25.2. The third kappa shape index (κ3) is 5.91. The van der Waals surface area contributed by atoms with Gasteiger partial charge in [-0.15, -0.1) is 10.2 Å². The molecular formula is C30H31N5O3. The molecule has 8 nitrogen and oxygen atoms in total. The van der Waals surface area contributed by atoms with Crippen LogP contribution in [-0.2, 0) is 11.3 Å². The van der Waals surface area contributed by atoms with E-state index in [1.807, 2.05) is 78.6 Å². The molecule has 194 valence electrons. The molecule has 2 aromatic heterocycles. The van der Waals surface area contributed by atoms with Gasteiger partial charge >= 0.3 is 0 Å². The highest BCUT2D eigenvalue weighted by Gasteiger charge is 2.26. The predicted octanol–water partition coefficient (Wildman–Crippen LogP) is 4.43. The van der Waals surface area contributed by atoms with Crippen molar-refractivity contribution < 1.29 is 14.0 Å². The fraction of sp³-hybridized carbons (Fsp3) is 0.267. The van der Waals surface area contributed by atoms with Gasteiger partial charge < -0.3 is 19.1 Å². The van der Waals surface area contributed by atoms with Crippen molar-refractivity contribution in [1.29, 1.82) is 0 Å². The Balaban J connectivity index is 1.24. The van der Waals surface area contributed by atoms with E-state index in [0.29, 0.717) is 31.0 Å². The number of carbonyl (C=O) groups excluding carboxylic acids is 2. The van der Waals surface area contributed by atoms with Crippen molar-refractivity contribution in [2.45, 2.75) is 19.9 Å². The second-order valence-electron chi connectivity index (χ2n) is 9.42. The van der Waals surface area contributed by atoms with Crippen LogP contribution in [0.3, 0.4) is 0 Å². The summed E-state index contributed by atoms with van der Waals surface area (Å²) in [6.07, 6.45) is 2.38. The molecule has 0 saturated carbocycles. The Kier molecular flexibility index (Phi) is 7.78. The van der Waals surface area contributed by atoms with Crippen molar-refractivity contribution in [1.82, 2.24) is 20.0 Å². The molecule has 1 aliphatic heterocycles. The summed E-state index contributed by atoms with van der Waals surface area (Å²) in [6, 6.07) is 25.0. The fourth-order valence-corrected chi connectivity index (χ4v) is 4.69. The Morgan fingerprint density at radius 1 is 0.868 bits per heavy atom. The summed E-state index contributed by atoms with van der Waals surface area (Å²) in [7, 11) is 0. The maximum Gasteiger partial charge on any atom is 0.255 e. The first-order valence-corrected chi connectivity index (χ1v) is 12.9. The maximum atomic E-state index is 13.4. The molecule has 0 bridgehead atoms. The number of benzene rings is 2. The molecule has 2 amide bonds. The van der Waals surface area contributed by atoms with Crippen LogP contribution >= 0.6 is 0 Å². The Morgan fingerprint density at radius 2 is 1.68 bits per heavy atom. The van der Waals surface area contributed by atoms with Gasteiger partial charge in [0.15, 0.2) is 5.82 Å². The summed E-state index contributed by atoms with van der Waals surface area (Å²) >= 11 is 0. The summed E-state index contributed by atoms with van der Waals surface area (Å²) < 4.78 is 5.49.